The second kappa shape index (κ2) is 5.39. The van der Waals surface area contributed by atoms with Gasteiger partial charge >= 0.3 is 0 Å². The molecule has 96 valence electrons. The predicted octanol–water partition coefficient (Wildman–Crippen LogP) is 3.90. The van der Waals surface area contributed by atoms with Crippen LogP contribution in [0.4, 0.5) is 0 Å². The van der Waals surface area contributed by atoms with Gasteiger partial charge in [0.15, 0.2) is 0 Å². The first-order chi connectivity index (χ1) is 8.02. The Bertz CT molecular complexity index is 389. The number of rotatable bonds is 4. The number of thiophene rings is 1. The van der Waals surface area contributed by atoms with Gasteiger partial charge in [-0.15, -0.1) is 11.3 Å². The van der Waals surface area contributed by atoms with E-state index >= 15 is 0 Å². The molecule has 0 fully saturated rings. The maximum Gasteiger partial charge on any atom is 0.0746 e. The summed E-state index contributed by atoms with van der Waals surface area (Å²) in [4.78, 5) is 1.54. The number of halogens is 1. The van der Waals surface area contributed by atoms with Crippen molar-refractivity contribution < 1.29 is 4.74 Å². The van der Waals surface area contributed by atoms with E-state index in [-0.39, 0.29) is 5.60 Å². The molecule has 4 heteroatoms. The third-order valence-corrected chi connectivity index (χ3v) is 5.12. The second-order valence-corrected chi connectivity index (χ2v) is 7.73. The molecule has 1 unspecified atom stereocenters. The molecule has 1 N–H and O–H groups in total. The normalized spacial score (nSPS) is 20.4. The summed E-state index contributed by atoms with van der Waals surface area (Å²) < 4.78 is 6.70. The van der Waals surface area contributed by atoms with Gasteiger partial charge in [-0.3, -0.25) is 0 Å². The number of methoxy groups -OCH3 is 1. The number of fused-ring (bicyclic) bond motifs is 1. The first kappa shape index (κ1) is 13.5. The number of hydrogen-bond donors (Lipinski definition) is 1. The fourth-order valence-electron chi connectivity index (χ4n) is 2.17. The Morgan fingerprint density at radius 1 is 1.59 bits per heavy atom. The molecular weight excluding hydrogens is 298 g/mol. The Morgan fingerprint density at radius 3 is 3.06 bits per heavy atom. The SMILES string of the molecule is COC(C)(C)CNC1CCCc2sc(Br)cc21. The average Bonchev–Trinajstić information content (AvgIpc) is 2.67. The molecule has 0 spiro atoms. The zero-order valence-corrected chi connectivity index (χ0v) is 13.1. The van der Waals surface area contributed by atoms with Crippen molar-refractivity contribution in [2.45, 2.75) is 44.8 Å². The zero-order chi connectivity index (χ0) is 12.5. The minimum atomic E-state index is -0.0924. The van der Waals surface area contributed by atoms with Crippen molar-refractivity contribution in [2.75, 3.05) is 13.7 Å². The summed E-state index contributed by atoms with van der Waals surface area (Å²) in [5.74, 6) is 0. The molecule has 2 rings (SSSR count). The van der Waals surface area contributed by atoms with Crippen LogP contribution in [-0.4, -0.2) is 19.3 Å². The molecule has 0 bridgehead atoms. The molecule has 0 aliphatic heterocycles. The summed E-state index contributed by atoms with van der Waals surface area (Å²) in [6.07, 6.45) is 3.75. The van der Waals surface area contributed by atoms with Crippen LogP contribution in [0.1, 0.15) is 43.2 Å². The lowest BCUT2D eigenvalue weighted by atomic mass is 9.93. The van der Waals surface area contributed by atoms with Crippen LogP contribution in [0.3, 0.4) is 0 Å². The predicted molar refractivity (Wildman–Crippen MR) is 76.8 cm³/mol. The number of hydrogen-bond acceptors (Lipinski definition) is 3. The van der Waals surface area contributed by atoms with Gasteiger partial charge < -0.3 is 10.1 Å². The van der Waals surface area contributed by atoms with E-state index < -0.39 is 0 Å². The van der Waals surface area contributed by atoms with E-state index in [2.05, 4.69) is 41.2 Å². The second-order valence-electron chi connectivity index (χ2n) is 5.22. The van der Waals surface area contributed by atoms with Crippen LogP contribution in [0.5, 0.6) is 0 Å². The highest BCUT2D eigenvalue weighted by Crippen LogP contribution is 2.38. The average molecular weight is 318 g/mol. The van der Waals surface area contributed by atoms with E-state index in [0.717, 1.165) is 6.54 Å². The van der Waals surface area contributed by atoms with Crippen LogP contribution in [-0.2, 0) is 11.2 Å². The molecular formula is C13H20BrNOS. The molecule has 2 nitrogen and oxygen atoms in total. The van der Waals surface area contributed by atoms with Gasteiger partial charge in [-0.05, 0) is 60.7 Å². The first-order valence-electron chi connectivity index (χ1n) is 6.08. The minimum Gasteiger partial charge on any atom is -0.377 e. The summed E-state index contributed by atoms with van der Waals surface area (Å²) in [6, 6.07) is 2.77. The Hall–Kier alpha value is 0.100. The van der Waals surface area contributed by atoms with Crippen LogP contribution < -0.4 is 5.32 Å². The quantitative estimate of drug-likeness (QED) is 0.909. The Kier molecular flexibility index (Phi) is 4.29. The van der Waals surface area contributed by atoms with Gasteiger partial charge in [0.1, 0.15) is 0 Å². The van der Waals surface area contributed by atoms with Crippen LogP contribution in [0, 0.1) is 0 Å². The van der Waals surface area contributed by atoms with Crippen molar-refractivity contribution in [3.8, 4) is 0 Å². The monoisotopic (exact) mass is 317 g/mol. The maximum absolute atomic E-state index is 5.45. The molecule has 1 aromatic heterocycles. The summed E-state index contributed by atoms with van der Waals surface area (Å²) in [6.45, 7) is 5.13. The molecule has 17 heavy (non-hydrogen) atoms. The zero-order valence-electron chi connectivity index (χ0n) is 10.7. The lowest BCUT2D eigenvalue weighted by molar-refractivity contribution is 0.0206. The standard InChI is InChI=1S/C13H20BrNOS/c1-13(2,16-3)8-15-10-5-4-6-11-9(10)7-12(14)17-11/h7,10,15H,4-6,8H2,1-3H3. The van der Waals surface area contributed by atoms with Crippen molar-refractivity contribution in [3.63, 3.8) is 0 Å². The number of nitrogens with one attached hydrogen (secondary N) is 1. The molecule has 0 aromatic carbocycles. The van der Waals surface area contributed by atoms with E-state index in [4.69, 9.17) is 4.74 Å². The molecule has 1 aliphatic rings. The van der Waals surface area contributed by atoms with Gasteiger partial charge in [0.05, 0.1) is 9.39 Å². The fourth-order valence-corrected chi connectivity index (χ4v) is 3.99. The summed E-state index contributed by atoms with van der Waals surface area (Å²) in [5.41, 5.74) is 1.39. The summed E-state index contributed by atoms with van der Waals surface area (Å²) in [7, 11) is 1.77. The molecule has 0 amide bonds. The van der Waals surface area contributed by atoms with Crippen molar-refractivity contribution in [1.29, 1.82) is 0 Å². The summed E-state index contributed by atoms with van der Waals surface area (Å²) in [5, 5.41) is 3.64. The third-order valence-electron chi connectivity index (χ3n) is 3.41. The van der Waals surface area contributed by atoms with Gasteiger partial charge in [-0.2, -0.15) is 0 Å². The van der Waals surface area contributed by atoms with Gasteiger partial charge in [0.25, 0.3) is 0 Å². The highest BCUT2D eigenvalue weighted by Gasteiger charge is 2.25. The van der Waals surface area contributed by atoms with Gasteiger partial charge in [-0.25, -0.2) is 0 Å². The molecule has 1 atom stereocenters. The van der Waals surface area contributed by atoms with E-state index in [0.29, 0.717) is 6.04 Å². The molecule has 1 aliphatic carbocycles. The highest BCUT2D eigenvalue weighted by atomic mass is 79.9. The van der Waals surface area contributed by atoms with Crippen LogP contribution in [0.2, 0.25) is 0 Å². The lowest BCUT2D eigenvalue weighted by Crippen LogP contribution is -2.39. The van der Waals surface area contributed by atoms with E-state index in [1.807, 2.05) is 11.3 Å². The van der Waals surface area contributed by atoms with E-state index in [9.17, 15) is 0 Å². The number of aryl methyl sites for hydroxylation is 1. The van der Waals surface area contributed by atoms with E-state index in [1.54, 1.807) is 7.11 Å². The topological polar surface area (TPSA) is 21.3 Å². The Labute approximate surface area is 116 Å². The summed E-state index contributed by atoms with van der Waals surface area (Å²) >= 11 is 5.47. The third kappa shape index (κ3) is 3.31. The van der Waals surface area contributed by atoms with Crippen LogP contribution in [0.15, 0.2) is 9.85 Å². The Morgan fingerprint density at radius 2 is 2.35 bits per heavy atom. The largest absolute Gasteiger partial charge is 0.377 e. The molecule has 0 saturated heterocycles. The van der Waals surface area contributed by atoms with Gasteiger partial charge in [0.2, 0.25) is 0 Å². The molecule has 0 radical (unpaired) electrons. The maximum atomic E-state index is 5.45. The number of ether oxygens (including phenoxy) is 1. The lowest BCUT2D eigenvalue weighted by Gasteiger charge is -2.29. The van der Waals surface area contributed by atoms with Gasteiger partial charge in [0, 0.05) is 24.6 Å². The molecule has 0 saturated carbocycles. The van der Waals surface area contributed by atoms with Gasteiger partial charge in [-0.1, -0.05) is 0 Å². The van der Waals surface area contributed by atoms with Crippen molar-refractivity contribution in [1.82, 2.24) is 5.32 Å². The van der Waals surface area contributed by atoms with Crippen molar-refractivity contribution >= 4 is 27.3 Å². The smallest absolute Gasteiger partial charge is 0.0746 e. The van der Waals surface area contributed by atoms with E-state index in [1.165, 1.54) is 33.5 Å². The first-order valence-corrected chi connectivity index (χ1v) is 7.69. The van der Waals surface area contributed by atoms with Crippen LogP contribution in [0.25, 0.3) is 0 Å². The minimum absolute atomic E-state index is 0.0924. The molecule has 1 aromatic rings. The molecule has 1 heterocycles. The fraction of sp³-hybridized carbons (Fsp3) is 0.692. The van der Waals surface area contributed by atoms with Crippen molar-refractivity contribution in [2.24, 2.45) is 0 Å². The van der Waals surface area contributed by atoms with Crippen LogP contribution >= 0.6 is 27.3 Å². The highest BCUT2D eigenvalue weighted by molar-refractivity contribution is 9.11. The Balaban J connectivity index is 2.03. The van der Waals surface area contributed by atoms with Crippen molar-refractivity contribution in [3.05, 3.63) is 20.3 Å².